The molecule has 1 N–H and O–H groups in total. The lowest BCUT2D eigenvalue weighted by Crippen LogP contribution is -2.32. The van der Waals surface area contributed by atoms with Gasteiger partial charge in [-0.2, -0.15) is 5.26 Å². The van der Waals surface area contributed by atoms with E-state index in [0.29, 0.717) is 24.3 Å². The number of nitriles is 1. The molecule has 2 aromatic rings. The van der Waals surface area contributed by atoms with Crippen molar-refractivity contribution in [2.24, 2.45) is 5.41 Å². The summed E-state index contributed by atoms with van der Waals surface area (Å²) in [5.41, 5.74) is 0.948. The van der Waals surface area contributed by atoms with Crippen LogP contribution >= 0.6 is 0 Å². The average Bonchev–Trinajstić information content (AvgIpc) is 3.07. The van der Waals surface area contributed by atoms with Crippen LogP contribution in [0.25, 0.3) is 0 Å². The molecular weight excluding hydrogens is 300 g/mol. The number of benzene rings is 2. The second-order valence-electron chi connectivity index (χ2n) is 6.30. The van der Waals surface area contributed by atoms with Crippen molar-refractivity contribution in [3.05, 3.63) is 54.1 Å². The molecule has 0 radical (unpaired) electrons. The van der Waals surface area contributed by atoms with E-state index >= 15 is 0 Å². The first-order chi connectivity index (χ1) is 11.6. The summed E-state index contributed by atoms with van der Waals surface area (Å²) >= 11 is 0. The molecule has 3 rings (SSSR count). The fraction of sp³-hybridized carbons (Fsp3) is 0.300. The van der Waals surface area contributed by atoms with Crippen molar-refractivity contribution in [2.75, 3.05) is 5.32 Å². The second kappa shape index (κ2) is 6.76. The Morgan fingerprint density at radius 2 is 1.83 bits per heavy atom. The number of aryl methyl sites for hydroxylation is 1. The molecule has 0 bridgehead atoms. The Morgan fingerprint density at radius 1 is 1.12 bits per heavy atom. The van der Waals surface area contributed by atoms with Crippen molar-refractivity contribution >= 4 is 11.6 Å². The lowest BCUT2D eigenvalue weighted by molar-refractivity contribution is -0.122. The van der Waals surface area contributed by atoms with Gasteiger partial charge in [-0.05, 0) is 61.7 Å². The zero-order chi connectivity index (χ0) is 17.0. The summed E-state index contributed by atoms with van der Waals surface area (Å²) in [5.74, 6) is 1.28. The maximum Gasteiger partial charge on any atom is 0.244 e. The highest BCUT2D eigenvalue weighted by Crippen LogP contribution is 2.38. The largest absolute Gasteiger partial charge is 0.457 e. The Kier molecular flexibility index (Phi) is 4.52. The van der Waals surface area contributed by atoms with Crippen LogP contribution < -0.4 is 10.1 Å². The van der Waals surface area contributed by atoms with E-state index in [9.17, 15) is 10.1 Å². The molecule has 1 amide bonds. The van der Waals surface area contributed by atoms with Crippen LogP contribution in [0.2, 0.25) is 0 Å². The molecule has 0 heterocycles. The molecule has 0 aromatic heterocycles. The normalized spacial score (nSPS) is 15.5. The first-order valence-electron chi connectivity index (χ1n) is 8.19. The van der Waals surface area contributed by atoms with Crippen molar-refractivity contribution in [3.8, 4) is 17.6 Å². The second-order valence-corrected chi connectivity index (χ2v) is 6.30. The van der Waals surface area contributed by atoms with Crippen molar-refractivity contribution in [3.63, 3.8) is 0 Å². The number of nitrogens with one attached hydrogen (secondary N) is 1. The van der Waals surface area contributed by atoms with Crippen molar-refractivity contribution in [1.82, 2.24) is 0 Å². The van der Waals surface area contributed by atoms with Crippen LogP contribution in [0, 0.1) is 23.7 Å². The Bertz CT molecular complexity index is 769. The Balaban J connectivity index is 1.66. The van der Waals surface area contributed by atoms with Gasteiger partial charge in [0, 0.05) is 5.69 Å². The monoisotopic (exact) mass is 320 g/mol. The topological polar surface area (TPSA) is 62.1 Å². The number of nitrogens with zero attached hydrogens (tertiary/aromatic N) is 1. The van der Waals surface area contributed by atoms with E-state index in [2.05, 4.69) is 11.4 Å². The molecule has 1 fully saturated rings. The van der Waals surface area contributed by atoms with Gasteiger partial charge in [-0.15, -0.1) is 0 Å². The van der Waals surface area contributed by atoms with Gasteiger partial charge < -0.3 is 10.1 Å². The maximum atomic E-state index is 12.4. The van der Waals surface area contributed by atoms with E-state index in [0.717, 1.165) is 24.2 Å². The van der Waals surface area contributed by atoms with E-state index in [1.165, 1.54) is 0 Å². The molecule has 2 aromatic carbocycles. The van der Waals surface area contributed by atoms with Gasteiger partial charge in [0.15, 0.2) is 0 Å². The third kappa shape index (κ3) is 3.41. The highest BCUT2D eigenvalue weighted by molar-refractivity contribution is 5.97. The molecule has 0 atom stereocenters. The molecule has 122 valence electrons. The summed E-state index contributed by atoms with van der Waals surface area (Å²) in [6.45, 7) is 2.01. The smallest absolute Gasteiger partial charge is 0.244 e. The van der Waals surface area contributed by atoms with Crippen LogP contribution in [0.3, 0.4) is 0 Å². The van der Waals surface area contributed by atoms with Gasteiger partial charge >= 0.3 is 0 Å². The number of carbonyl (C=O) groups excluding carboxylic acids is 1. The zero-order valence-electron chi connectivity index (χ0n) is 13.7. The van der Waals surface area contributed by atoms with Gasteiger partial charge in [-0.3, -0.25) is 4.79 Å². The van der Waals surface area contributed by atoms with Crippen LogP contribution in [0.1, 0.15) is 31.2 Å². The number of amides is 1. The summed E-state index contributed by atoms with van der Waals surface area (Å²) in [4.78, 5) is 12.4. The van der Waals surface area contributed by atoms with Crippen molar-refractivity contribution in [2.45, 2.75) is 32.6 Å². The molecular formula is C20H20N2O2. The van der Waals surface area contributed by atoms with Gasteiger partial charge in [0.05, 0.1) is 6.07 Å². The lowest BCUT2D eigenvalue weighted by Gasteiger charge is -2.19. The van der Waals surface area contributed by atoms with E-state index in [-0.39, 0.29) is 5.91 Å². The van der Waals surface area contributed by atoms with Gasteiger partial charge in [-0.1, -0.05) is 25.0 Å². The highest BCUT2D eigenvalue weighted by Gasteiger charge is 2.41. The van der Waals surface area contributed by atoms with E-state index in [4.69, 9.17) is 4.74 Å². The summed E-state index contributed by atoms with van der Waals surface area (Å²) in [5, 5.41) is 12.2. The number of ether oxygens (including phenoxy) is 1. The molecule has 1 aliphatic carbocycles. The average molecular weight is 320 g/mol. The van der Waals surface area contributed by atoms with E-state index < -0.39 is 5.41 Å². The van der Waals surface area contributed by atoms with Gasteiger partial charge in [-0.25, -0.2) is 0 Å². The SMILES string of the molecule is Cc1cccc(Oc2ccc(NC(=O)C3(C#N)CCCC3)cc2)c1. The Hall–Kier alpha value is -2.80. The molecule has 4 nitrogen and oxygen atoms in total. The summed E-state index contributed by atoms with van der Waals surface area (Å²) in [7, 11) is 0. The molecule has 0 aliphatic heterocycles. The molecule has 1 aliphatic rings. The van der Waals surface area contributed by atoms with Crippen LogP contribution in [0.5, 0.6) is 11.5 Å². The fourth-order valence-electron chi connectivity index (χ4n) is 3.04. The predicted octanol–water partition coefficient (Wildman–Crippen LogP) is 4.81. The third-order valence-corrected chi connectivity index (χ3v) is 4.44. The predicted molar refractivity (Wildman–Crippen MR) is 92.8 cm³/mol. The van der Waals surface area contributed by atoms with Crippen LogP contribution in [-0.2, 0) is 4.79 Å². The molecule has 0 spiro atoms. The summed E-state index contributed by atoms with van der Waals surface area (Å²) in [6, 6.07) is 17.2. The molecule has 24 heavy (non-hydrogen) atoms. The number of hydrogen-bond donors (Lipinski definition) is 1. The standard InChI is InChI=1S/C20H20N2O2/c1-15-5-4-6-18(13-15)24-17-9-7-16(8-10-17)22-19(23)20(14-21)11-2-3-12-20/h4-10,13H,2-3,11-12H2,1H3,(H,22,23). The summed E-state index contributed by atoms with van der Waals surface area (Å²) < 4.78 is 5.79. The molecule has 0 unspecified atom stereocenters. The highest BCUT2D eigenvalue weighted by atomic mass is 16.5. The van der Waals surface area contributed by atoms with Crippen molar-refractivity contribution < 1.29 is 9.53 Å². The first kappa shape index (κ1) is 16.1. The minimum absolute atomic E-state index is 0.199. The van der Waals surface area contributed by atoms with Crippen molar-refractivity contribution in [1.29, 1.82) is 5.26 Å². The lowest BCUT2D eigenvalue weighted by atomic mass is 9.87. The minimum Gasteiger partial charge on any atom is -0.457 e. The molecule has 0 saturated heterocycles. The fourth-order valence-corrected chi connectivity index (χ4v) is 3.04. The quantitative estimate of drug-likeness (QED) is 0.879. The molecule has 4 heteroatoms. The first-order valence-corrected chi connectivity index (χ1v) is 8.19. The van der Waals surface area contributed by atoms with E-state index in [1.54, 1.807) is 12.1 Å². The van der Waals surface area contributed by atoms with Crippen LogP contribution in [0.15, 0.2) is 48.5 Å². The van der Waals surface area contributed by atoms with Crippen LogP contribution in [0.4, 0.5) is 5.69 Å². The third-order valence-electron chi connectivity index (χ3n) is 4.44. The minimum atomic E-state index is -0.864. The number of carbonyl (C=O) groups is 1. The van der Waals surface area contributed by atoms with Gasteiger partial charge in [0.1, 0.15) is 16.9 Å². The Labute approximate surface area is 142 Å². The maximum absolute atomic E-state index is 12.4. The van der Waals surface area contributed by atoms with Gasteiger partial charge in [0.2, 0.25) is 5.91 Å². The number of rotatable bonds is 4. The summed E-state index contributed by atoms with van der Waals surface area (Å²) in [6.07, 6.45) is 3.16. The zero-order valence-corrected chi connectivity index (χ0v) is 13.7. The Morgan fingerprint density at radius 3 is 2.46 bits per heavy atom. The number of hydrogen-bond acceptors (Lipinski definition) is 3. The number of anilines is 1. The van der Waals surface area contributed by atoms with Crippen LogP contribution in [-0.4, -0.2) is 5.91 Å². The van der Waals surface area contributed by atoms with Gasteiger partial charge in [0.25, 0.3) is 0 Å². The molecule has 1 saturated carbocycles. The van der Waals surface area contributed by atoms with E-state index in [1.807, 2.05) is 43.3 Å².